The molecule has 0 aromatic carbocycles. The van der Waals surface area contributed by atoms with Crippen LogP contribution in [-0.2, 0) is 25.9 Å². The highest BCUT2D eigenvalue weighted by atomic mass is 32.1. The second kappa shape index (κ2) is 4.67. The molecule has 0 aliphatic carbocycles. The molecule has 0 amide bonds. The zero-order valence-electron chi connectivity index (χ0n) is 11.8. The van der Waals surface area contributed by atoms with Crippen molar-refractivity contribution < 1.29 is 0 Å². The lowest BCUT2D eigenvalue weighted by atomic mass is 10.1. The van der Waals surface area contributed by atoms with Crippen molar-refractivity contribution in [2.75, 3.05) is 13.6 Å². The average molecular weight is 289 g/mol. The molecule has 2 aromatic heterocycles. The lowest BCUT2D eigenvalue weighted by Gasteiger charge is -2.21. The minimum Gasteiger partial charge on any atom is -0.301 e. The van der Waals surface area contributed by atoms with Gasteiger partial charge in [0.1, 0.15) is 10.7 Å². The van der Waals surface area contributed by atoms with Gasteiger partial charge in [-0.1, -0.05) is 6.42 Å². The fourth-order valence-corrected chi connectivity index (χ4v) is 4.71. The fraction of sp³-hybridized carbons (Fsp3) is 0.600. The fourth-order valence-electron chi connectivity index (χ4n) is 3.40. The van der Waals surface area contributed by atoms with Gasteiger partial charge < -0.3 is 4.90 Å². The highest BCUT2D eigenvalue weighted by Gasteiger charge is 2.24. The van der Waals surface area contributed by atoms with E-state index in [2.05, 4.69) is 11.9 Å². The monoisotopic (exact) mass is 289 g/mol. The first-order chi connectivity index (χ1) is 9.74. The summed E-state index contributed by atoms with van der Waals surface area (Å²) in [5.74, 6) is 1.01. The number of hydrogen-bond acceptors (Lipinski definition) is 4. The Morgan fingerprint density at radius 3 is 2.95 bits per heavy atom. The van der Waals surface area contributed by atoms with Crippen LogP contribution >= 0.6 is 11.3 Å². The molecular weight excluding hydrogens is 270 g/mol. The maximum absolute atomic E-state index is 12.9. The van der Waals surface area contributed by atoms with Crippen LogP contribution in [-0.4, -0.2) is 28.0 Å². The van der Waals surface area contributed by atoms with E-state index < -0.39 is 0 Å². The van der Waals surface area contributed by atoms with Gasteiger partial charge in [0, 0.05) is 30.9 Å². The molecule has 2 aliphatic rings. The van der Waals surface area contributed by atoms with E-state index in [-0.39, 0.29) is 5.56 Å². The van der Waals surface area contributed by atoms with Gasteiger partial charge >= 0.3 is 0 Å². The van der Waals surface area contributed by atoms with Crippen LogP contribution in [0.5, 0.6) is 0 Å². The molecule has 2 aliphatic heterocycles. The molecular formula is C15H19N3OS. The van der Waals surface area contributed by atoms with Crippen LogP contribution in [0.25, 0.3) is 10.2 Å². The van der Waals surface area contributed by atoms with Gasteiger partial charge in [0.2, 0.25) is 0 Å². The zero-order valence-corrected chi connectivity index (χ0v) is 12.6. The van der Waals surface area contributed by atoms with Crippen molar-refractivity contribution in [3.05, 3.63) is 26.6 Å². The van der Waals surface area contributed by atoms with Crippen molar-refractivity contribution in [1.29, 1.82) is 0 Å². The van der Waals surface area contributed by atoms with Gasteiger partial charge in [-0.3, -0.25) is 9.36 Å². The quantitative estimate of drug-likeness (QED) is 0.746. The molecule has 0 N–H and O–H groups in total. The van der Waals surface area contributed by atoms with Gasteiger partial charge in [-0.2, -0.15) is 0 Å². The molecule has 0 bridgehead atoms. The first kappa shape index (κ1) is 12.5. The molecule has 106 valence electrons. The van der Waals surface area contributed by atoms with Gasteiger partial charge in [0.15, 0.2) is 0 Å². The number of aromatic nitrogens is 2. The summed E-state index contributed by atoms with van der Waals surface area (Å²) in [6, 6.07) is 0. The topological polar surface area (TPSA) is 38.1 Å². The number of nitrogens with zero attached hydrogens (tertiary/aromatic N) is 3. The zero-order chi connectivity index (χ0) is 13.7. The molecule has 0 radical (unpaired) electrons. The average Bonchev–Trinajstić information content (AvgIpc) is 2.61. The molecule has 0 saturated carbocycles. The Morgan fingerprint density at radius 1 is 1.15 bits per heavy atom. The Balaban J connectivity index is 1.98. The van der Waals surface area contributed by atoms with Crippen LogP contribution in [0.15, 0.2) is 4.79 Å². The van der Waals surface area contributed by atoms with Crippen LogP contribution in [0.4, 0.5) is 0 Å². The minimum absolute atomic E-state index is 0.217. The van der Waals surface area contributed by atoms with Gasteiger partial charge in [-0.05, 0) is 31.9 Å². The summed E-state index contributed by atoms with van der Waals surface area (Å²) < 4.78 is 1.95. The molecule has 0 saturated heterocycles. The van der Waals surface area contributed by atoms with Crippen LogP contribution in [0.2, 0.25) is 0 Å². The predicted molar refractivity (Wildman–Crippen MR) is 81.5 cm³/mol. The van der Waals surface area contributed by atoms with Crippen molar-refractivity contribution in [1.82, 2.24) is 14.5 Å². The number of fused-ring (bicyclic) bond motifs is 4. The van der Waals surface area contributed by atoms with Crippen molar-refractivity contribution in [3.8, 4) is 0 Å². The minimum atomic E-state index is 0.217. The SMILES string of the molecule is CN1CCc2c(sc3nc4n(c(=O)c23)CCCCC4)C1. The van der Waals surface area contributed by atoms with E-state index in [1.165, 1.54) is 16.9 Å². The first-order valence-electron chi connectivity index (χ1n) is 7.46. The lowest BCUT2D eigenvalue weighted by molar-refractivity contribution is 0.318. The number of rotatable bonds is 0. The van der Waals surface area contributed by atoms with Crippen molar-refractivity contribution in [3.63, 3.8) is 0 Å². The summed E-state index contributed by atoms with van der Waals surface area (Å²) in [6.07, 6.45) is 5.41. The summed E-state index contributed by atoms with van der Waals surface area (Å²) in [4.78, 5) is 22.3. The summed E-state index contributed by atoms with van der Waals surface area (Å²) in [7, 11) is 2.14. The number of likely N-dealkylation sites (N-methyl/N-ethyl adjacent to an activating group) is 1. The molecule has 4 rings (SSSR count). The van der Waals surface area contributed by atoms with Gasteiger partial charge in [-0.25, -0.2) is 4.98 Å². The van der Waals surface area contributed by atoms with Gasteiger partial charge in [0.05, 0.1) is 5.39 Å². The van der Waals surface area contributed by atoms with E-state index in [0.717, 1.165) is 61.4 Å². The molecule has 5 heteroatoms. The third-order valence-corrected chi connectivity index (χ3v) is 5.62. The Morgan fingerprint density at radius 2 is 2.05 bits per heavy atom. The second-order valence-corrected chi connectivity index (χ2v) is 7.05. The van der Waals surface area contributed by atoms with E-state index in [9.17, 15) is 4.79 Å². The van der Waals surface area contributed by atoms with Crippen LogP contribution in [0, 0.1) is 0 Å². The van der Waals surface area contributed by atoms with E-state index in [0.29, 0.717) is 0 Å². The summed E-state index contributed by atoms with van der Waals surface area (Å²) in [5, 5.41) is 0.920. The van der Waals surface area contributed by atoms with Crippen LogP contribution in [0.1, 0.15) is 35.5 Å². The molecule has 0 atom stereocenters. The van der Waals surface area contributed by atoms with Gasteiger partial charge in [0.25, 0.3) is 5.56 Å². The Labute approximate surface area is 122 Å². The van der Waals surface area contributed by atoms with Gasteiger partial charge in [-0.15, -0.1) is 11.3 Å². The summed E-state index contributed by atoms with van der Waals surface area (Å²) in [6.45, 7) is 2.85. The molecule has 4 nitrogen and oxygen atoms in total. The summed E-state index contributed by atoms with van der Waals surface area (Å²) in [5.41, 5.74) is 1.49. The standard InChI is InChI=1S/C15H19N3OS/c1-17-8-6-10-11(9-17)20-14-13(10)15(19)18-7-4-2-3-5-12(18)16-14/h2-9H2,1H3. The summed E-state index contributed by atoms with van der Waals surface area (Å²) >= 11 is 1.73. The smallest absolute Gasteiger partial charge is 0.262 e. The predicted octanol–water partition coefficient (Wildman–Crippen LogP) is 2.17. The van der Waals surface area contributed by atoms with Crippen molar-refractivity contribution in [2.45, 2.75) is 45.2 Å². The van der Waals surface area contributed by atoms with E-state index >= 15 is 0 Å². The maximum Gasteiger partial charge on any atom is 0.262 e. The normalized spacial score (nSPS) is 19.6. The highest BCUT2D eigenvalue weighted by Crippen LogP contribution is 2.32. The molecule has 20 heavy (non-hydrogen) atoms. The molecule has 4 heterocycles. The van der Waals surface area contributed by atoms with Crippen LogP contribution in [0.3, 0.4) is 0 Å². The first-order valence-corrected chi connectivity index (χ1v) is 8.28. The Bertz CT molecular complexity index is 731. The maximum atomic E-state index is 12.9. The Hall–Kier alpha value is -1.20. The third kappa shape index (κ3) is 1.84. The van der Waals surface area contributed by atoms with E-state index in [1.807, 2.05) is 4.57 Å². The lowest BCUT2D eigenvalue weighted by Crippen LogP contribution is -2.28. The molecule has 2 aromatic rings. The van der Waals surface area contributed by atoms with Crippen LogP contribution < -0.4 is 5.56 Å². The van der Waals surface area contributed by atoms with Crippen molar-refractivity contribution in [2.24, 2.45) is 0 Å². The van der Waals surface area contributed by atoms with E-state index in [4.69, 9.17) is 4.98 Å². The number of hydrogen-bond donors (Lipinski definition) is 0. The molecule has 0 fully saturated rings. The van der Waals surface area contributed by atoms with E-state index in [1.54, 1.807) is 11.3 Å². The highest BCUT2D eigenvalue weighted by molar-refractivity contribution is 7.18. The number of aryl methyl sites for hydroxylation is 1. The third-order valence-electron chi connectivity index (χ3n) is 4.51. The number of thiophene rings is 1. The molecule has 0 spiro atoms. The van der Waals surface area contributed by atoms with Crippen molar-refractivity contribution >= 4 is 21.6 Å². The second-order valence-electron chi connectivity index (χ2n) is 5.97. The molecule has 0 unspecified atom stereocenters. The Kier molecular flexibility index (Phi) is 2.93. The largest absolute Gasteiger partial charge is 0.301 e.